The lowest BCUT2D eigenvalue weighted by Crippen LogP contribution is -2.47. The molecule has 7 heteroatoms. The fourth-order valence-electron chi connectivity index (χ4n) is 3.12. The summed E-state index contributed by atoms with van der Waals surface area (Å²) >= 11 is 5.93. The van der Waals surface area contributed by atoms with E-state index >= 15 is 0 Å². The number of aryl methyl sites for hydroxylation is 1. The van der Waals surface area contributed by atoms with Gasteiger partial charge >= 0.3 is 0 Å². The first-order valence-corrected chi connectivity index (χ1v) is 13.9. The zero-order valence-corrected chi connectivity index (χ0v) is 17.8. The van der Waals surface area contributed by atoms with E-state index in [2.05, 4.69) is 19.6 Å². The summed E-state index contributed by atoms with van der Waals surface area (Å²) in [6.07, 6.45) is 1.59. The Bertz CT molecular complexity index is 878. The molecule has 0 amide bonds. The molecule has 0 saturated heterocycles. The Hall–Kier alpha value is -1.34. The maximum Gasteiger partial charge on any atom is 0.264 e. The Balaban J connectivity index is 2.03. The third-order valence-electron chi connectivity index (χ3n) is 4.39. The van der Waals surface area contributed by atoms with Crippen LogP contribution in [0.2, 0.25) is 24.7 Å². The quantitative estimate of drug-likeness (QED) is 0.672. The van der Waals surface area contributed by atoms with Crippen LogP contribution in [-0.2, 0) is 20.9 Å². The molecule has 4 nitrogen and oxygen atoms in total. The summed E-state index contributed by atoms with van der Waals surface area (Å²) < 4.78 is 34.5. The first kappa shape index (κ1) is 19.4. The third-order valence-corrected chi connectivity index (χ3v) is 7.55. The molecular formula is C19H24ClNO3SSi. The van der Waals surface area contributed by atoms with E-state index in [4.69, 9.17) is 16.0 Å². The van der Waals surface area contributed by atoms with Gasteiger partial charge in [-0.1, -0.05) is 29.8 Å². The Morgan fingerprint density at radius 1 is 1.12 bits per heavy atom. The second-order valence-electron chi connectivity index (χ2n) is 7.50. The average molecular weight is 410 g/mol. The van der Waals surface area contributed by atoms with Crippen LogP contribution in [0.25, 0.3) is 0 Å². The number of halogens is 1. The summed E-state index contributed by atoms with van der Waals surface area (Å²) in [4.78, 5) is 0.247. The molecule has 0 fully saturated rings. The van der Waals surface area contributed by atoms with Crippen molar-refractivity contribution in [3.63, 3.8) is 0 Å². The van der Waals surface area contributed by atoms with Gasteiger partial charge in [-0.3, -0.25) is 4.31 Å². The molecule has 0 radical (unpaired) electrons. The molecule has 0 spiro atoms. The van der Waals surface area contributed by atoms with Gasteiger partial charge in [0.2, 0.25) is 0 Å². The number of anilines is 1. The van der Waals surface area contributed by atoms with Crippen molar-refractivity contribution in [2.24, 2.45) is 0 Å². The summed E-state index contributed by atoms with van der Waals surface area (Å²) in [5.41, 5.74) is 1.80. The summed E-state index contributed by atoms with van der Waals surface area (Å²) in [5, 5.41) is 0.515. The molecule has 1 heterocycles. The molecule has 2 aromatic rings. The van der Waals surface area contributed by atoms with Gasteiger partial charge < -0.3 is 4.43 Å². The van der Waals surface area contributed by atoms with E-state index in [9.17, 15) is 8.42 Å². The van der Waals surface area contributed by atoms with E-state index in [1.165, 1.54) is 0 Å². The fourth-order valence-corrected chi connectivity index (χ4v) is 5.64. The number of benzene rings is 2. The van der Waals surface area contributed by atoms with Crippen molar-refractivity contribution >= 4 is 35.6 Å². The standard InChI is InChI=1S/C19H24ClNO3SSi/c1-26(2,3)24-14-17-11-8-15-6-4-5-7-19(15)21(17)25(22,23)18-12-9-16(20)10-13-18/h4-7,9-10,12-13,17H,8,11,14H2,1-3H3. The Kier molecular flexibility index (Phi) is 5.49. The van der Waals surface area contributed by atoms with Crippen molar-refractivity contribution < 1.29 is 12.8 Å². The Labute approximate surface area is 161 Å². The number of hydrogen-bond acceptors (Lipinski definition) is 3. The van der Waals surface area contributed by atoms with Gasteiger partial charge in [-0.05, 0) is 68.4 Å². The van der Waals surface area contributed by atoms with E-state index in [0.717, 1.165) is 24.1 Å². The number of hydrogen-bond donors (Lipinski definition) is 0. The number of rotatable bonds is 5. The summed E-state index contributed by atoms with van der Waals surface area (Å²) in [5.74, 6) is 0. The van der Waals surface area contributed by atoms with Crippen LogP contribution in [0.5, 0.6) is 0 Å². The van der Waals surface area contributed by atoms with Gasteiger partial charge in [0.05, 0.1) is 23.2 Å². The molecule has 2 aromatic carbocycles. The topological polar surface area (TPSA) is 46.6 Å². The van der Waals surface area contributed by atoms with Crippen LogP contribution in [-0.4, -0.2) is 29.4 Å². The van der Waals surface area contributed by atoms with Crippen molar-refractivity contribution in [3.05, 3.63) is 59.1 Å². The van der Waals surface area contributed by atoms with Crippen molar-refractivity contribution in [2.45, 2.75) is 43.4 Å². The van der Waals surface area contributed by atoms with Gasteiger partial charge in [-0.15, -0.1) is 0 Å². The normalized spacial score (nSPS) is 17.8. The van der Waals surface area contributed by atoms with Gasteiger partial charge in [-0.2, -0.15) is 0 Å². The molecule has 0 saturated carbocycles. The molecule has 1 atom stereocenters. The van der Waals surface area contributed by atoms with Gasteiger partial charge in [0.1, 0.15) is 0 Å². The smallest absolute Gasteiger partial charge is 0.264 e. The minimum absolute atomic E-state index is 0.211. The fraction of sp³-hybridized carbons (Fsp3) is 0.368. The van der Waals surface area contributed by atoms with Crippen molar-refractivity contribution in [1.29, 1.82) is 0 Å². The van der Waals surface area contributed by atoms with Gasteiger partial charge in [0.25, 0.3) is 10.0 Å². The number of sulfonamides is 1. The van der Waals surface area contributed by atoms with Crippen molar-refractivity contribution in [3.8, 4) is 0 Å². The predicted molar refractivity (Wildman–Crippen MR) is 109 cm³/mol. The predicted octanol–water partition coefficient (Wildman–Crippen LogP) is 4.70. The molecular weight excluding hydrogens is 386 g/mol. The monoisotopic (exact) mass is 409 g/mol. The highest BCUT2D eigenvalue weighted by atomic mass is 35.5. The summed E-state index contributed by atoms with van der Waals surface area (Å²) in [7, 11) is -5.45. The Morgan fingerprint density at radius 2 is 1.77 bits per heavy atom. The molecule has 140 valence electrons. The lowest BCUT2D eigenvalue weighted by Gasteiger charge is -2.38. The largest absolute Gasteiger partial charge is 0.415 e. The van der Waals surface area contributed by atoms with E-state index in [0.29, 0.717) is 11.6 Å². The number of nitrogens with zero attached hydrogens (tertiary/aromatic N) is 1. The molecule has 0 aliphatic carbocycles. The third kappa shape index (κ3) is 4.14. The van der Waals surface area contributed by atoms with E-state index in [-0.39, 0.29) is 10.9 Å². The average Bonchev–Trinajstić information content (AvgIpc) is 2.59. The maximum atomic E-state index is 13.4. The lowest BCUT2D eigenvalue weighted by molar-refractivity contribution is 0.274. The first-order chi connectivity index (χ1) is 12.2. The molecule has 26 heavy (non-hydrogen) atoms. The van der Waals surface area contributed by atoms with Gasteiger partial charge in [0, 0.05) is 5.02 Å². The highest BCUT2D eigenvalue weighted by Gasteiger charge is 2.36. The maximum absolute atomic E-state index is 13.4. The zero-order valence-electron chi connectivity index (χ0n) is 15.3. The zero-order chi connectivity index (χ0) is 18.9. The highest BCUT2D eigenvalue weighted by molar-refractivity contribution is 7.92. The van der Waals surface area contributed by atoms with E-state index in [1.54, 1.807) is 28.6 Å². The van der Waals surface area contributed by atoms with Crippen LogP contribution in [0, 0.1) is 0 Å². The molecule has 0 bridgehead atoms. The lowest BCUT2D eigenvalue weighted by atomic mass is 9.99. The van der Waals surface area contributed by atoms with E-state index < -0.39 is 18.3 Å². The number of fused-ring (bicyclic) bond motifs is 1. The molecule has 1 aliphatic heterocycles. The highest BCUT2D eigenvalue weighted by Crippen LogP contribution is 2.36. The van der Waals surface area contributed by atoms with Crippen LogP contribution in [0.3, 0.4) is 0 Å². The molecule has 0 aromatic heterocycles. The first-order valence-electron chi connectivity index (χ1n) is 8.70. The van der Waals surface area contributed by atoms with Crippen LogP contribution in [0.1, 0.15) is 12.0 Å². The molecule has 1 unspecified atom stereocenters. The molecule has 1 aliphatic rings. The Morgan fingerprint density at radius 3 is 2.42 bits per heavy atom. The van der Waals surface area contributed by atoms with Crippen LogP contribution >= 0.6 is 11.6 Å². The number of para-hydroxylation sites is 1. The van der Waals surface area contributed by atoms with Crippen molar-refractivity contribution in [2.75, 3.05) is 10.9 Å². The summed E-state index contributed by atoms with van der Waals surface area (Å²) in [6, 6.07) is 13.8. The van der Waals surface area contributed by atoms with Crippen LogP contribution in [0.4, 0.5) is 5.69 Å². The van der Waals surface area contributed by atoms with E-state index in [1.807, 2.05) is 24.3 Å². The molecule has 3 rings (SSSR count). The van der Waals surface area contributed by atoms with Gasteiger partial charge in [0.15, 0.2) is 8.32 Å². The molecule has 0 N–H and O–H groups in total. The summed E-state index contributed by atoms with van der Waals surface area (Å²) in [6.45, 7) is 6.75. The second-order valence-corrected chi connectivity index (χ2v) is 14.3. The minimum Gasteiger partial charge on any atom is -0.415 e. The second kappa shape index (κ2) is 7.35. The SMILES string of the molecule is C[Si](C)(C)OCC1CCc2ccccc2N1S(=O)(=O)c1ccc(Cl)cc1. The van der Waals surface area contributed by atoms with Gasteiger partial charge in [-0.25, -0.2) is 8.42 Å². The minimum atomic E-state index is -3.70. The van der Waals surface area contributed by atoms with Crippen LogP contribution < -0.4 is 4.31 Å². The van der Waals surface area contributed by atoms with Crippen LogP contribution in [0.15, 0.2) is 53.4 Å². The van der Waals surface area contributed by atoms with Crippen molar-refractivity contribution in [1.82, 2.24) is 0 Å².